The molecule has 0 atom stereocenters. The second-order valence-electron chi connectivity index (χ2n) is 5.79. The van der Waals surface area contributed by atoms with Gasteiger partial charge in [-0.2, -0.15) is 0 Å². The van der Waals surface area contributed by atoms with E-state index in [-0.39, 0.29) is 18.8 Å². The first-order valence-electron chi connectivity index (χ1n) is 7.85. The van der Waals surface area contributed by atoms with Gasteiger partial charge < -0.3 is 4.74 Å². The zero-order valence-electron chi connectivity index (χ0n) is 13.7. The number of hydrogen-bond donors (Lipinski definition) is 0. The number of amides is 1. The van der Waals surface area contributed by atoms with Crippen LogP contribution in [-0.4, -0.2) is 28.8 Å². The number of aromatic nitrogens is 1. The molecule has 0 saturated heterocycles. The first-order chi connectivity index (χ1) is 13.0. The molecule has 1 aliphatic heterocycles. The molecule has 0 radical (unpaired) electrons. The molecular weight excluding hydrogens is 452 g/mol. The van der Waals surface area contributed by atoms with Crippen molar-refractivity contribution in [1.29, 1.82) is 0 Å². The smallest absolute Gasteiger partial charge is 0.327 e. The number of esters is 1. The van der Waals surface area contributed by atoms with Gasteiger partial charge in [-0.1, -0.05) is 28.1 Å². The van der Waals surface area contributed by atoms with Gasteiger partial charge in [-0.25, -0.2) is 0 Å². The minimum absolute atomic E-state index is 0.0507. The van der Waals surface area contributed by atoms with Crippen molar-refractivity contribution in [3.63, 3.8) is 0 Å². The number of thiazole rings is 1. The summed E-state index contributed by atoms with van der Waals surface area (Å²) in [5.74, 6) is -1.99. The summed E-state index contributed by atoms with van der Waals surface area (Å²) in [6.07, 6.45) is 0. The van der Waals surface area contributed by atoms with E-state index < -0.39 is 17.7 Å². The van der Waals surface area contributed by atoms with Gasteiger partial charge >= 0.3 is 5.97 Å². The Balaban J connectivity index is 1.50. The normalized spacial score (nSPS) is 13.3. The molecule has 0 aliphatic carbocycles. The molecule has 0 spiro atoms. The van der Waals surface area contributed by atoms with Crippen molar-refractivity contribution in [2.75, 3.05) is 11.4 Å². The van der Waals surface area contributed by atoms with E-state index >= 15 is 0 Å². The molecule has 136 valence electrons. The van der Waals surface area contributed by atoms with Crippen molar-refractivity contribution in [3.8, 4) is 0 Å². The minimum atomic E-state index is -0.738. The molecule has 2 heterocycles. The Kier molecular flexibility index (Phi) is 4.67. The van der Waals surface area contributed by atoms with Crippen LogP contribution in [0.4, 0.5) is 5.69 Å². The van der Waals surface area contributed by atoms with E-state index in [1.165, 1.54) is 11.3 Å². The Morgan fingerprint density at radius 1 is 1.19 bits per heavy atom. The summed E-state index contributed by atoms with van der Waals surface area (Å²) in [6, 6.07) is 12.5. The van der Waals surface area contributed by atoms with E-state index in [0.29, 0.717) is 14.1 Å². The lowest BCUT2D eigenvalue weighted by Gasteiger charge is -2.16. The highest BCUT2D eigenvalue weighted by Crippen LogP contribution is 2.31. The highest BCUT2D eigenvalue weighted by Gasteiger charge is 2.37. The standard InChI is InChI=1S/C18H11BrN2O4S2/c19-10-5-6-12-11(7-10)16(23)17(24)20(12)8-15(22)25-9-21-13-3-1-2-4-14(13)27-18(21)26/h1-7H,8-9H2. The van der Waals surface area contributed by atoms with Crippen LogP contribution in [0.15, 0.2) is 46.9 Å². The Hall–Kier alpha value is -2.36. The van der Waals surface area contributed by atoms with Gasteiger partial charge in [0.05, 0.1) is 21.5 Å². The molecule has 27 heavy (non-hydrogen) atoms. The molecule has 3 aromatic rings. The topological polar surface area (TPSA) is 68.6 Å². The molecule has 6 nitrogen and oxygen atoms in total. The summed E-state index contributed by atoms with van der Waals surface area (Å²) in [4.78, 5) is 37.7. The summed E-state index contributed by atoms with van der Waals surface area (Å²) < 4.78 is 9.30. The van der Waals surface area contributed by atoms with Crippen LogP contribution in [0.2, 0.25) is 0 Å². The lowest BCUT2D eigenvalue weighted by Crippen LogP contribution is -2.35. The predicted octanol–water partition coefficient (Wildman–Crippen LogP) is 3.92. The van der Waals surface area contributed by atoms with Gasteiger partial charge in [0.2, 0.25) is 0 Å². The van der Waals surface area contributed by atoms with E-state index in [4.69, 9.17) is 17.0 Å². The zero-order valence-corrected chi connectivity index (χ0v) is 16.9. The van der Waals surface area contributed by atoms with E-state index in [2.05, 4.69) is 15.9 Å². The van der Waals surface area contributed by atoms with Crippen LogP contribution in [0.3, 0.4) is 0 Å². The van der Waals surface area contributed by atoms with Crippen LogP contribution in [0, 0.1) is 3.95 Å². The maximum atomic E-state index is 12.3. The van der Waals surface area contributed by atoms with Gasteiger partial charge in [-0.3, -0.25) is 23.9 Å². The third-order valence-corrected chi connectivity index (χ3v) is 6.07. The number of nitrogens with zero attached hydrogens (tertiary/aromatic N) is 2. The number of ketones is 1. The van der Waals surface area contributed by atoms with Gasteiger partial charge in [0.25, 0.3) is 11.7 Å². The van der Waals surface area contributed by atoms with E-state index in [1.807, 2.05) is 24.3 Å². The second kappa shape index (κ2) is 6.99. The molecule has 0 bridgehead atoms. The van der Waals surface area contributed by atoms with Crippen molar-refractivity contribution in [2.45, 2.75) is 6.73 Å². The van der Waals surface area contributed by atoms with Crippen LogP contribution in [-0.2, 0) is 21.1 Å². The molecule has 1 aromatic heterocycles. The van der Waals surface area contributed by atoms with Crippen molar-refractivity contribution in [1.82, 2.24) is 4.57 Å². The summed E-state index contributed by atoms with van der Waals surface area (Å²) in [5, 5.41) is 0. The summed E-state index contributed by atoms with van der Waals surface area (Å²) >= 11 is 10.0. The maximum absolute atomic E-state index is 12.3. The molecule has 0 fully saturated rings. The van der Waals surface area contributed by atoms with E-state index in [0.717, 1.165) is 15.1 Å². The summed E-state index contributed by atoms with van der Waals surface area (Å²) in [7, 11) is 0. The van der Waals surface area contributed by atoms with Crippen LogP contribution in [0.5, 0.6) is 0 Å². The largest absolute Gasteiger partial charge is 0.442 e. The highest BCUT2D eigenvalue weighted by molar-refractivity contribution is 9.10. The quantitative estimate of drug-likeness (QED) is 0.333. The molecule has 0 N–H and O–H groups in total. The number of hydrogen-bond acceptors (Lipinski definition) is 6. The van der Waals surface area contributed by atoms with Crippen LogP contribution >= 0.6 is 39.5 Å². The monoisotopic (exact) mass is 462 g/mol. The molecule has 2 aromatic carbocycles. The van der Waals surface area contributed by atoms with Crippen molar-refractivity contribution < 1.29 is 19.1 Å². The number of carbonyl (C=O) groups is 3. The number of para-hydroxylation sites is 1. The fourth-order valence-electron chi connectivity index (χ4n) is 2.88. The van der Waals surface area contributed by atoms with Gasteiger partial charge in [0, 0.05) is 4.47 Å². The Morgan fingerprint density at radius 2 is 1.96 bits per heavy atom. The number of carbonyl (C=O) groups excluding carboxylic acids is 3. The molecule has 0 saturated carbocycles. The average Bonchev–Trinajstić information content (AvgIpc) is 3.09. The minimum Gasteiger partial charge on any atom is -0.442 e. The molecule has 1 aliphatic rings. The zero-order chi connectivity index (χ0) is 19.1. The second-order valence-corrected chi connectivity index (χ2v) is 8.38. The predicted molar refractivity (Wildman–Crippen MR) is 108 cm³/mol. The van der Waals surface area contributed by atoms with Gasteiger partial charge in [0.15, 0.2) is 10.7 Å². The van der Waals surface area contributed by atoms with Crippen molar-refractivity contribution in [3.05, 3.63) is 56.5 Å². The van der Waals surface area contributed by atoms with Gasteiger partial charge in [-0.15, -0.1) is 11.3 Å². The third-order valence-electron chi connectivity index (χ3n) is 4.15. The molecule has 0 unspecified atom stereocenters. The van der Waals surface area contributed by atoms with E-state index in [1.54, 1.807) is 22.8 Å². The lowest BCUT2D eigenvalue weighted by molar-refractivity contribution is -0.146. The van der Waals surface area contributed by atoms with Crippen LogP contribution < -0.4 is 4.90 Å². The maximum Gasteiger partial charge on any atom is 0.327 e. The number of fused-ring (bicyclic) bond motifs is 2. The number of Topliss-reactive ketones (excluding diaryl/α,β-unsaturated/α-hetero) is 1. The van der Waals surface area contributed by atoms with Gasteiger partial charge in [-0.05, 0) is 42.5 Å². The summed E-state index contributed by atoms with van der Waals surface area (Å²) in [6.45, 7) is -0.389. The summed E-state index contributed by atoms with van der Waals surface area (Å²) in [5.41, 5.74) is 1.55. The Morgan fingerprint density at radius 3 is 2.78 bits per heavy atom. The number of rotatable bonds is 4. The first-order valence-corrected chi connectivity index (χ1v) is 9.87. The molecule has 1 amide bonds. The van der Waals surface area contributed by atoms with Crippen LogP contribution in [0.25, 0.3) is 10.2 Å². The number of benzene rings is 2. The average molecular weight is 463 g/mol. The number of halogens is 1. The molecular formula is C18H11BrN2O4S2. The van der Waals surface area contributed by atoms with Crippen molar-refractivity contribution in [2.24, 2.45) is 0 Å². The Bertz CT molecular complexity index is 1170. The molecule has 9 heteroatoms. The van der Waals surface area contributed by atoms with E-state index in [9.17, 15) is 14.4 Å². The van der Waals surface area contributed by atoms with Crippen molar-refractivity contribution >= 4 is 73.0 Å². The Labute approximate surface area is 171 Å². The highest BCUT2D eigenvalue weighted by atomic mass is 79.9. The number of anilines is 1. The molecule has 4 rings (SSSR count). The number of ether oxygens (including phenoxy) is 1. The van der Waals surface area contributed by atoms with Gasteiger partial charge in [0.1, 0.15) is 6.54 Å². The fourth-order valence-corrected chi connectivity index (χ4v) is 4.54. The van der Waals surface area contributed by atoms with Crippen LogP contribution in [0.1, 0.15) is 10.4 Å². The lowest BCUT2D eigenvalue weighted by atomic mass is 10.1. The SMILES string of the molecule is O=C(CN1C(=O)C(=O)c2cc(Br)ccc21)OCn1c(=S)sc2ccccc21. The third kappa shape index (κ3) is 3.22. The first kappa shape index (κ1) is 18.0. The fraction of sp³-hybridized carbons (Fsp3) is 0.111.